The van der Waals surface area contributed by atoms with Crippen molar-refractivity contribution in [1.82, 2.24) is 0 Å². The summed E-state index contributed by atoms with van der Waals surface area (Å²) in [5.74, 6) is 0.247. The first-order valence-electron chi connectivity index (χ1n) is 40.9. The van der Waals surface area contributed by atoms with Crippen molar-refractivity contribution in [3.05, 3.63) is 0 Å². The van der Waals surface area contributed by atoms with E-state index >= 15 is 0 Å². The Labute approximate surface area is 600 Å². The van der Waals surface area contributed by atoms with E-state index in [0.29, 0.717) is 25.7 Å². The molecule has 0 amide bonds. The molecule has 0 aliphatic rings. The van der Waals surface area contributed by atoms with Crippen molar-refractivity contribution >= 4 is 39.5 Å². The highest BCUT2D eigenvalue weighted by molar-refractivity contribution is 7.47. The maximum absolute atomic E-state index is 13.1. The van der Waals surface area contributed by atoms with Crippen LogP contribution in [0.5, 0.6) is 0 Å². The first-order chi connectivity index (χ1) is 47.3. The lowest BCUT2D eigenvalue weighted by atomic mass is 9.99. The second-order valence-corrected chi connectivity index (χ2v) is 32.6. The minimum atomic E-state index is -4.96. The summed E-state index contributed by atoms with van der Waals surface area (Å²) in [7, 11) is -9.92. The Morgan fingerprint density at radius 3 is 0.776 bits per heavy atom. The molecule has 3 N–H and O–H groups in total. The summed E-state index contributed by atoms with van der Waals surface area (Å²) in [4.78, 5) is 73.0. The van der Waals surface area contributed by atoms with Crippen LogP contribution in [0.15, 0.2) is 0 Å². The Hall–Kier alpha value is -1.94. The molecule has 0 rings (SSSR count). The van der Waals surface area contributed by atoms with E-state index in [9.17, 15) is 43.2 Å². The van der Waals surface area contributed by atoms with E-state index in [-0.39, 0.29) is 25.7 Å². The molecule has 0 aromatic carbocycles. The van der Waals surface area contributed by atoms with Gasteiger partial charge in [0.05, 0.1) is 26.4 Å². The van der Waals surface area contributed by atoms with Crippen LogP contribution in [0.4, 0.5) is 0 Å². The average molecular weight is 1440 g/mol. The van der Waals surface area contributed by atoms with Crippen molar-refractivity contribution < 1.29 is 80.2 Å². The number of phosphoric ester groups is 2. The molecule has 19 heteroatoms. The van der Waals surface area contributed by atoms with Gasteiger partial charge in [-0.25, -0.2) is 9.13 Å². The van der Waals surface area contributed by atoms with Gasteiger partial charge in [0.2, 0.25) is 0 Å². The van der Waals surface area contributed by atoms with Crippen molar-refractivity contribution in [2.24, 2.45) is 17.8 Å². The minimum Gasteiger partial charge on any atom is -0.462 e. The van der Waals surface area contributed by atoms with Gasteiger partial charge in [0.25, 0.3) is 0 Å². The number of esters is 4. The third-order valence-corrected chi connectivity index (χ3v) is 20.6. The fourth-order valence-corrected chi connectivity index (χ4v) is 13.7. The fraction of sp³-hybridized carbons (Fsp3) is 0.949. The molecule has 3 unspecified atom stereocenters. The molecule has 0 aromatic heterocycles. The molecule has 0 bridgehead atoms. The molecule has 0 fully saturated rings. The lowest BCUT2D eigenvalue weighted by Gasteiger charge is -2.21. The zero-order valence-electron chi connectivity index (χ0n) is 64.3. The Balaban J connectivity index is 5.25. The van der Waals surface area contributed by atoms with Crippen LogP contribution in [0.1, 0.15) is 408 Å². The Morgan fingerprint density at radius 1 is 0.296 bits per heavy atom. The van der Waals surface area contributed by atoms with Gasteiger partial charge in [-0.15, -0.1) is 0 Å². The summed E-state index contributed by atoms with van der Waals surface area (Å²) >= 11 is 0. The van der Waals surface area contributed by atoms with E-state index in [4.69, 9.17) is 37.0 Å². The van der Waals surface area contributed by atoms with Crippen LogP contribution in [0.25, 0.3) is 0 Å². The molecule has 0 heterocycles. The second-order valence-electron chi connectivity index (χ2n) is 29.6. The Bertz CT molecular complexity index is 1910. The van der Waals surface area contributed by atoms with E-state index < -0.39 is 97.5 Å². The largest absolute Gasteiger partial charge is 0.472 e. The lowest BCUT2D eigenvalue weighted by Crippen LogP contribution is -2.30. The number of unbranched alkanes of at least 4 members (excludes halogenated alkanes) is 44. The van der Waals surface area contributed by atoms with Crippen LogP contribution in [-0.4, -0.2) is 96.7 Å². The molecule has 0 aliphatic heterocycles. The van der Waals surface area contributed by atoms with Crippen LogP contribution < -0.4 is 0 Å². The van der Waals surface area contributed by atoms with Gasteiger partial charge in [-0.1, -0.05) is 357 Å². The number of carbonyl (C=O) groups excluding carboxylic acids is 4. The first kappa shape index (κ1) is 96.1. The van der Waals surface area contributed by atoms with Gasteiger partial charge in [-0.3, -0.25) is 37.3 Å². The van der Waals surface area contributed by atoms with Gasteiger partial charge >= 0.3 is 39.5 Å². The highest BCUT2D eigenvalue weighted by Crippen LogP contribution is 2.45. The number of ether oxygens (including phenoxy) is 4. The van der Waals surface area contributed by atoms with Crippen molar-refractivity contribution in [2.45, 2.75) is 426 Å². The quantitative estimate of drug-likeness (QED) is 0.0222. The number of aliphatic hydroxyl groups excluding tert-OH is 1. The maximum atomic E-state index is 13.1. The monoisotopic (exact) mass is 1440 g/mol. The summed E-state index contributed by atoms with van der Waals surface area (Å²) in [5.41, 5.74) is 0. The SMILES string of the molecule is CCCCCCCCCCCCCCC(=O)OC[C@H](COP(=O)(O)OC[C@H](O)COP(=O)(O)OC[C@@H](COC(=O)CCCCCCCCCCCCCCC(C)C)OC(=O)CCCCCCCCCCCCCCCCCCC(C)C)OC(=O)CCCCCCCCCCC(C)CC. The molecule has 17 nitrogen and oxygen atoms in total. The zero-order chi connectivity index (χ0) is 72.3. The number of hydrogen-bond donors (Lipinski definition) is 3. The third-order valence-electron chi connectivity index (χ3n) is 18.7. The summed E-state index contributed by atoms with van der Waals surface area (Å²) in [5, 5.41) is 10.6. The third kappa shape index (κ3) is 71.1. The van der Waals surface area contributed by atoms with Crippen LogP contribution in [0.3, 0.4) is 0 Å². The Kier molecular flexibility index (Phi) is 68.1. The topological polar surface area (TPSA) is 237 Å². The van der Waals surface area contributed by atoms with Gasteiger partial charge in [0.1, 0.15) is 19.3 Å². The van der Waals surface area contributed by atoms with Crippen molar-refractivity contribution in [2.75, 3.05) is 39.6 Å². The number of hydrogen-bond acceptors (Lipinski definition) is 15. The number of rotatable bonds is 77. The summed E-state index contributed by atoms with van der Waals surface area (Å²) < 4.78 is 68.7. The first-order valence-corrected chi connectivity index (χ1v) is 43.9. The van der Waals surface area contributed by atoms with Gasteiger partial charge < -0.3 is 33.8 Å². The van der Waals surface area contributed by atoms with Gasteiger partial charge in [-0.2, -0.15) is 0 Å². The molecule has 6 atom stereocenters. The Morgan fingerprint density at radius 2 is 0.520 bits per heavy atom. The maximum Gasteiger partial charge on any atom is 0.472 e. The predicted octanol–water partition coefficient (Wildman–Crippen LogP) is 23.4. The predicted molar refractivity (Wildman–Crippen MR) is 400 cm³/mol. The normalized spacial score (nSPS) is 14.3. The van der Waals surface area contributed by atoms with E-state index in [0.717, 1.165) is 108 Å². The smallest absolute Gasteiger partial charge is 0.462 e. The van der Waals surface area contributed by atoms with Crippen molar-refractivity contribution in [1.29, 1.82) is 0 Å². The summed E-state index contributed by atoms with van der Waals surface area (Å²) in [6, 6.07) is 0. The summed E-state index contributed by atoms with van der Waals surface area (Å²) in [6.45, 7) is 12.0. The van der Waals surface area contributed by atoms with Crippen LogP contribution in [0, 0.1) is 17.8 Å². The van der Waals surface area contributed by atoms with Crippen molar-refractivity contribution in [3.8, 4) is 0 Å². The molecule has 0 saturated heterocycles. The van der Waals surface area contributed by atoms with E-state index in [1.807, 2.05) is 0 Å². The van der Waals surface area contributed by atoms with Gasteiger partial charge in [-0.05, 0) is 43.4 Å². The highest BCUT2D eigenvalue weighted by Gasteiger charge is 2.30. The van der Waals surface area contributed by atoms with Gasteiger partial charge in [0.15, 0.2) is 12.2 Å². The summed E-state index contributed by atoms with van der Waals surface area (Å²) in [6.07, 6.45) is 56.7. The number of phosphoric acid groups is 2. The van der Waals surface area contributed by atoms with E-state index in [1.165, 1.54) is 218 Å². The molecule has 0 radical (unpaired) electrons. The molecule has 0 aromatic rings. The van der Waals surface area contributed by atoms with Crippen LogP contribution in [-0.2, 0) is 65.4 Å². The standard InChI is InChI=1S/C79H154O17P2/c1-8-10-11-12-13-14-15-26-31-39-46-53-60-76(81)90-67-75(96-79(84)63-56-49-42-35-34-38-45-52-59-72(7)9-2)69-94-98(87,88)92-65-73(80)64-91-97(85,86)93-68-74(66-89-77(82)61-54-47-40-32-27-23-22-25-30-37-44-51-58-71(5)6)95-78(83)62-55-48-41-33-28-21-19-17-16-18-20-24-29-36-43-50-57-70(3)4/h70-75,80H,8-69H2,1-7H3,(H,85,86)(H,87,88)/t72?,73-,74-,75-/m1/s1. The lowest BCUT2D eigenvalue weighted by molar-refractivity contribution is -0.161. The van der Waals surface area contributed by atoms with Crippen molar-refractivity contribution in [3.63, 3.8) is 0 Å². The molecular weight excluding hydrogens is 1280 g/mol. The highest BCUT2D eigenvalue weighted by atomic mass is 31.2. The molecule has 0 saturated carbocycles. The van der Waals surface area contributed by atoms with E-state index in [1.54, 1.807) is 0 Å². The molecule has 98 heavy (non-hydrogen) atoms. The van der Waals surface area contributed by atoms with Crippen LogP contribution in [0.2, 0.25) is 0 Å². The fourth-order valence-electron chi connectivity index (χ4n) is 12.1. The minimum absolute atomic E-state index is 0.105. The average Bonchev–Trinajstić information content (AvgIpc) is 1.26. The van der Waals surface area contributed by atoms with E-state index in [2.05, 4.69) is 48.5 Å². The number of carbonyl (C=O) groups is 4. The molecule has 0 spiro atoms. The zero-order valence-corrected chi connectivity index (χ0v) is 66.0. The molecule has 0 aliphatic carbocycles. The van der Waals surface area contributed by atoms with Gasteiger partial charge in [0, 0.05) is 25.7 Å². The molecular formula is C79H154O17P2. The number of aliphatic hydroxyl groups is 1. The van der Waals surface area contributed by atoms with Crippen LogP contribution >= 0.6 is 15.6 Å². The molecule has 582 valence electrons. The second kappa shape index (κ2) is 69.4.